The maximum atomic E-state index is 15.0. The van der Waals surface area contributed by atoms with E-state index in [0.29, 0.717) is 50.5 Å². The minimum Gasteiger partial charge on any atom is -0.497 e. The Morgan fingerprint density at radius 2 is 1.45 bits per heavy atom. The van der Waals surface area contributed by atoms with Crippen molar-refractivity contribution in [1.29, 1.82) is 0 Å². The van der Waals surface area contributed by atoms with Gasteiger partial charge in [-0.3, -0.25) is 19.0 Å². The molecule has 1 saturated heterocycles. The number of para-hydroxylation sites is 1. The number of nitrogens with zero attached hydrogens (tertiary/aromatic N) is 2. The standard InChI is InChI=1S/C49H67N5O10S/c1-6-8-10-11-12-13-14-15-16-19-28-50-65(59,60)38-26-27-42(63-35(3)4)40(34-38)51-47(56)46(64-41-21-18-17-20-39(41)48(57)53-30-32-62-33-31-53)45(55)43-44(36-22-24-37(61-5)25-23-36)54(29-9-7-2)49(58)52-43/h17-18,20-27,34-35,46,50H,6-16,19,28-33H2,1-5H3,(H,51,56)(H,52,58). The highest BCUT2D eigenvalue weighted by atomic mass is 32.2. The molecule has 0 radical (unpaired) electrons. The predicted molar refractivity (Wildman–Crippen MR) is 252 cm³/mol. The van der Waals surface area contributed by atoms with Crippen LogP contribution in [0.5, 0.6) is 17.2 Å². The number of carbonyl (C=O) groups excluding carboxylic acids is 3. The summed E-state index contributed by atoms with van der Waals surface area (Å²) in [7, 11) is -2.51. The Kier molecular flexibility index (Phi) is 19.7. The number of methoxy groups -OCH3 is 1. The number of imidazole rings is 1. The van der Waals surface area contributed by atoms with Crippen LogP contribution in [0.2, 0.25) is 0 Å². The molecule has 65 heavy (non-hydrogen) atoms. The number of aromatic nitrogens is 2. The summed E-state index contributed by atoms with van der Waals surface area (Å²) in [5.41, 5.74) is 0.0518. The Bertz CT molecular complexity index is 2340. The number of morpholine rings is 1. The number of unbranched alkanes of at least 4 members (excludes halogenated alkanes) is 10. The first-order valence-corrected chi connectivity index (χ1v) is 24.6. The Hall–Kier alpha value is -5.45. The van der Waals surface area contributed by atoms with Gasteiger partial charge in [0, 0.05) is 31.7 Å². The summed E-state index contributed by atoms with van der Waals surface area (Å²) in [4.78, 5) is 61.5. The SMILES string of the molecule is CCCCCCCCCCCCNS(=O)(=O)c1ccc(OC(C)C)c(NC(=O)C(Oc2ccccc2C(=O)N2CCOCC2)C(=O)c2[nH]c(=O)n(CCCC)c2-c2ccc(OC)cc2)c1. The van der Waals surface area contributed by atoms with E-state index in [9.17, 15) is 22.8 Å². The topological polar surface area (TPSA) is 187 Å². The van der Waals surface area contributed by atoms with Crippen molar-refractivity contribution >= 4 is 33.3 Å². The molecule has 5 rings (SSSR count). The third kappa shape index (κ3) is 14.3. The van der Waals surface area contributed by atoms with E-state index < -0.39 is 33.5 Å². The van der Waals surface area contributed by atoms with Crippen molar-refractivity contribution in [1.82, 2.24) is 19.2 Å². The lowest BCUT2D eigenvalue weighted by molar-refractivity contribution is -0.121. The Balaban J connectivity index is 1.48. The number of Topliss-reactive ketones (excluding diaryl/α,β-unsaturated/α-hetero) is 1. The number of ether oxygens (including phenoxy) is 4. The second-order valence-corrected chi connectivity index (χ2v) is 18.3. The second kappa shape index (κ2) is 25.3. The summed E-state index contributed by atoms with van der Waals surface area (Å²) in [6, 6.07) is 17.2. The molecule has 354 valence electrons. The molecule has 16 heteroatoms. The zero-order valence-corrected chi connectivity index (χ0v) is 39.4. The van der Waals surface area contributed by atoms with E-state index in [1.807, 2.05) is 6.92 Å². The zero-order valence-electron chi connectivity index (χ0n) is 38.6. The molecule has 1 aromatic heterocycles. The molecular formula is C49H67N5O10S. The lowest BCUT2D eigenvalue weighted by atomic mass is 10.0. The summed E-state index contributed by atoms with van der Waals surface area (Å²) < 4.78 is 54.6. The minimum atomic E-state index is -4.04. The van der Waals surface area contributed by atoms with E-state index in [0.717, 1.165) is 25.7 Å². The highest BCUT2D eigenvalue weighted by molar-refractivity contribution is 7.89. The molecule has 2 amide bonds. The van der Waals surface area contributed by atoms with E-state index in [4.69, 9.17) is 18.9 Å². The molecule has 1 aliphatic heterocycles. The molecule has 0 saturated carbocycles. The van der Waals surface area contributed by atoms with Gasteiger partial charge in [-0.05, 0) is 81.3 Å². The van der Waals surface area contributed by atoms with Crippen LogP contribution < -0.4 is 29.9 Å². The molecule has 0 aliphatic carbocycles. The highest BCUT2D eigenvalue weighted by Crippen LogP contribution is 2.32. The number of nitrogens with one attached hydrogen (secondary N) is 3. The van der Waals surface area contributed by atoms with Crippen LogP contribution in [0.1, 0.15) is 126 Å². The van der Waals surface area contributed by atoms with Crippen molar-refractivity contribution in [3.8, 4) is 28.5 Å². The molecule has 3 N–H and O–H groups in total. The molecule has 0 spiro atoms. The van der Waals surface area contributed by atoms with Crippen LogP contribution in [0.15, 0.2) is 76.4 Å². The average Bonchev–Trinajstić information content (AvgIpc) is 3.64. The van der Waals surface area contributed by atoms with Gasteiger partial charge in [0.2, 0.25) is 21.9 Å². The number of hydrogen-bond donors (Lipinski definition) is 3. The van der Waals surface area contributed by atoms with Gasteiger partial charge >= 0.3 is 5.69 Å². The maximum Gasteiger partial charge on any atom is 0.326 e. The smallest absolute Gasteiger partial charge is 0.326 e. The van der Waals surface area contributed by atoms with E-state index in [-0.39, 0.29) is 64.1 Å². The maximum absolute atomic E-state index is 15.0. The molecule has 3 aromatic carbocycles. The first-order valence-electron chi connectivity index (χ1n) is 23.1. The van der Waals surface area contributed by atoms with Gasteiger partial charge in [0.1, 0.15) is 22.9 Å². The lowest BCUT2D eigenvalue weighted by Crippen LogP contribution is -2.42. The molecule has 1 aliphatic rings. The van der Waals surface area contributed by atoms with Gasteiger partial charge in [0.15, 0.2) is 0 Å². The van der Waals surface area contributed by atoms with E-state index >= 15 is 4.79 Å². The molecule has 15 nitrogen and oxygen atoms in total. The average molecular weight is 918 g/mol. The molecule has 1 fully saturated rings. The van der Waals surface area contributed by atoms with Crippen molar-refractivity contribution in [2.45, 2.75) is 128 Å². The number of carbonyl (C=O) groups is 3. The molecule has 2 heterocycles. The number of ketones is 1. The number of anilines is 1. The van der Waals surface area contributed by atoms with Gasteiger partial charge in [0.25, 0.3) is 11.8 Å². The molecular weight excluding hydrogens is 851 g/mol. The molecule has 0 bridgehead atoms. The monoisotopic (exact) mass is 917 g/mol. The summed E-state index contributed by atoms with van der Waals surface area (Å²) in [5, 5.41) is 2.72. The van der Waals surface area contributed by atoms with Crippen molar-refractivity contribution in [2.24, 2.45) is 0 Å². The minimum absolute atomic E-state index is 0.0334. The number of H-pyrrole nitrogens is 1. The lowest BCUT2D eigenvalue weighted by Gasteiger charge is -2.28. The quantitative estimate of drug-likeness (QED) is 0.0298. The van der Waals surface area contributed by atoms with Crippen LogP contribution in [0.4, 0.5) is 5.69 Å². The van der Waals surface area contributed by atoms with Crippen LogP contribution in [0.3, 0.4) is 0 Å². The van der Waals surface area contributed by atoms with Crippen LogP contribution >= 0.6 is 0 Å². The fourth-order valence-electron chi connectivity index (χ4n) is 7.63. The zero-order chi connectivity index (χ0) is 46.8. The van der Waals surface area contributed by atoms with Gasteiger partial charge < -0.3 is 34.1 Å². The number of amides is 2. The number of hydrogen-bond acceptors (Lipinski definition) is 10. The Morgan fingerprint density at radius 1 is 0.800 bits per heavy atom. The van der Waals surface area contributed by atoms with Crippen molar-refractivity contribution in [2.75, 3.05) is 45.3 Å². The summed E-state index contributed by atoms with van der Waals surface area (Å²) in [6.45, 7) is 9.62. The Labute approximate surface area is 383 Å². The van der Waals surface area contributed by atoms with Crippen molar-refractivity contribution in [3.63, 3.8) is 0 Å². The second-order valence-electron chi connectivity index (χ2n) is 16.5. The number of aromatic amines is 1. The first kappa shape index (κ1) is 50.5. The number of sulfonamides is 1. The van der Waals surface area contributed by atoms with Crippen LogP contribution in [-0.2, 0) is 26.1 Å². The first-order chi connectivity index (χ1) is 31.4. The fourth-order valence-corrected chi connectivity index (χ4v) is 8.73. The number of benzene rings is 3. The highest BCUT2D eigenvalue weighted by Gasteiger charge is 2.36. The van der Waals surface area contributed by atoms with Crippen LogP contribution in [0.25, 0.3) is 11.3 Å². The van der Waals surface area contributed by atoms with Gasteiger partial charge in [-0.15, -0.1) is 0 Å². The third-order valence-electron chi connectivity index (χ3n) is 11.2. The largest absolute Gasteiger partial charge is 0.497 e. The summed E-state index contributed by atoms with van der Waals surface area (Å²) in [5.74, 6) is -1.66. The molecule has 4 aromatic rings. The van der Waals surface area contributed by atoms with Crippen LogP contribution in [0, 0.1) is 0 Å². The van der Waals surface area contributed by atoms with Crippen molar-refractivity contribution < 1.29 is 41.7 Å². The van der Waals surface area contributed by atoms with Gasteiger partial charge in [-0.25, -0.2) is 17.9 Å². The predicted octanol–water partition coefficient (Wildman–Crippen LogP) is 8.38. The Morgan fingerprint density at radius 3 is 2.09 bits per heavy atom. The number of rotatable bonds is 27. The normalized spacial score (nSPS) is 13.4. The molecule has 1 unspecified atom stereocenters. The van der Waals surface area contributed by atoms with Crippen molar-refractivity contribution in [3.05, 3.63) is 88.5 Å². The van der Waals surface area contributed by atoms with Gasteiger partial charge in [-0.1, -0.05) is 90.2 Å². The summed E-state index contributed by atoms with van der Waals surface area (Å²) >= 11 is 0. The van der Waals surface area contributed by atoms with Gasteiger partial charge in [0.05, 0.1) is 48.3 Å². The van der Waals surface area contributed by atoms with E-state index in [1.165, 1.54) is 74.5 Å². The third-order valence-corrected chi connectivity index (χ3v) is 12.6. The molecule has 1 atom stereocenters. The summed E-state index contributed by atoms with van der Waals surface area (Å²) in [6.07, 6.45) is 10.1. The van der Waals surface area contributed by atoms with Crippen LogP contribution in [-0.4, -0.2) is 92.6 Å². The van der Waals surface area contributed by atoms with Gasteiger partial charge in [-0.2, -0.15) is 0 Å². The fraction of sp³-hybridized carbons (Fsp3) is 0.510. The van der Waals surface area contributed by atoms with E-state index in [1.54, 1.807) is 61.2 Å². The van der Waals surface area contributed by atoms with E-state index in [2.05, 4.69) is 21.9 Å².